The Morgan fingerprint density at radius 1 is 0.564 bits per heavy atom. The minimum absolute atomic E-state index is 0.0956. The van der Waals surface area contributed by atoms with Crippen LogP contribution in [0.2, 0.25) is 0 Å². The van der Waals surface area contributed by atoms with Gasteiger partial charge in [0, 0.05) is 27.0 Å². The van der Waals surface area contributed by atoms with Crippen LogP contribution in [-0.4, -0.2) is 4.57 Å². The Labute approximate surface area is 225 Å². The third-order valence-corrected chi connectivity index (χ3v) is 8.95. The highest BCUT2D eigenvalue weighted by Gasteiger charge is 2.37. The summed E-state index contributed by atoms with van der Waals surface area (Å²) in [5.74, 6) is 0. The van der Waals surface area contributed by atoms with Crippen molar-refractivity contribution in [3.8, 4) is 16.8 Å². The first-order valence-corrected chi connectivity index (χ1v) is 13.6. The van der Waals surface area contributed by atoms with Gasteiger partial charge in [-0.05, 0) is 63.4 Å². The average Bonchev–Trinajstić information content (AvgIpc) is 3.58. The van der Waals surface area contributed by atoms with Gasteiger partial charge in [-0.2, -0.15) is 0 Å². The van der Waals surface area contributed by atoms with E-state index in [2.05, 4.69) is 128 Å². The number of furan rings is 1. The zero-order chi connectivity index (χ0) is 25.9. The molecule has 0 saturated carbocycles. The second-order valence-corrected chi connectivity index (χ2v) is 11.4. The predicted molar refractivity (Wildman–Crippen MR) is 163 cm³/mol. The highest BCUT2D eigenvalue weighted by Crippen LogP contribution is 2.53. The number of hydrogen-bond donors (Lipinski definition) is 0. The fourth-order valence-electron chi connectivity index (χ4n) is 7.23. The minimum Gasteiger partial charge on any atom is -0.454 e. The standard InChI is InChI=1S/C37H25NO/c1-37(2)30-20-29-24-12-5-7-15-31(24)38(32-16-9-14-27-25-13-6-8-17-34(25)39-36(27)32)33(29)21-28(30)26-19-18-22-10-3-4-11-23(22)35(26)37/h3-21H,1-2H3. The van der Waals surface area contributed by atoms with Crippen molar-refractivity contribution >= 4 is 54.5 Å². The predicted octanol–water partition coefficient (Wildman–Crippen LogP) is 10.1. The molecule has 8 aromatic rings. The molecular weight excluding hydrogens is 474 g/mol. The first kappa shape index (κ1) is 21.2. The molecule has 0 radical (unpaired) electrons. The van der Waals surface area contributed by atoms with Crippen LogP contribution in [0.3, 0.4) is 0 Å². The molecule has 2 heteroatoms. The van der Waals surface area contributed by atoms with Crippen molar-refractivity contribution in [2.75, 3.05) is 0 Å². The van der Waals surface area contributed by atoms with Crippen LogP contribution < -0.4 is 0 Å². The molecule has 0 spiro atoms. The summed E-state index contributed by atoms with van der Waals surface area (Å²) in [6, 6.07) is 41.9. The van der Waals surface area contributed by atoms with Crippen molar-refractivity contribution in [1.29, 1.82) is 0 Å². The van der Waals surface area contributed by atoms with Crippen molar-refractivity contribution in [3.63, 3.8) is 0 Å². The largest absolute Gasteiger partial charge is 0.454 e. The van der Waals surface area contributed by atoms with Crippen LogP contribution in [-0.2, 0) is 5.41 Å². The van der Waals surface area contributed by atoms with Gasteiger partial charge in [0.15, 0.2) is 5.58 Å². The number of benzene rings is 6. The van der Waals surface area contributed by atoms with E-state index in [0.29, 0.717) is 0 Å². The molecule has 0 bridgehead atoms. The molecule has 39 heavy (non-hydrogen) atoms. The van der Waals surface area contributed by atoms with Gasteiger partial charge < -0.3 is 8.98 Å². The van der Waals surface area contributed by atoms with Gasteiger partial charge in [0.2, 0.25) is 0 Å². The smallest absolute Gasteiger partial charge is 0.159 e. The van der Waals surface area contributed by atoms with Crippen LogP contribution in [0.25, 0.3) is 71.3 Å². The van der Waals surface area contributed by atoms with Crippen LogP contribution >= 0.6 is 0 Å². The highest BCUT2D eigenvalue weighted by molar-refractivity contribution is 6.14. The molecule has 9 rings (SSSR count). The molecule has 0 atom stereocenters. The van der Waals surface area contributed by atoms with Crippen LogP contribution in [0.4, 0.5) is 0 Å². The minimum atomic E-state index is -0.0956. The fourth-order valence-corrected chi connectivity index (χ4v) is 7.23. The van der Waals surface area contributed by atoms with Gasteiger partial charge in [0.05, 0.1) is 16.7 Å². The third kappa shape index (κ3) is 2.61. The van der Waals surface area contributed by atoms with Crippen molar-refractivity contribution in [3.05, 3.63) is 126 Å². The van der Waals surface area contributed by atoms with Crippen molar-refractivity contribution in [2.24, 2.45) is 0 Å². The summed E-state index contributed by atoms with van der Waals surface area (Å²) in [7, 11) is 0. The highest BCUT2D eigenvalue weighted by atomic mass is 16.3. The molecule has 2 heterocycles. The Bertz CT molecular complexity index is 2310. The monoisotopic (exact) mass is 499 g/mol. The second-order valence-electron chi connectivity index (χ2n) is 11.4. The molecule has 0 unspecified atom stereocenters. The Morgan fingerprint density at radius 3 is 2.21 bits per heavy atom. The second kappa shape index (κ2) is 7.18. The average molecular weight is 500 g/mol. The topological polar surface area (TPSA) is 18.1 Å². The molecule has 0 saturated heterocycles. The Kier molecular flexibility index (Phi) is 3.89. The van der Waals surface area contributed by atoms with Crippen LogP contribution in [0, 0.1) is 0 Å². The first-order valence-electron chi connectivity index (χ1n) is 13.6. The summed E-state index contributed by atoms with van der Waals surface area (Å²) in [6.07, 6.45) is 0. The first-order chi connectivity index (χ1) is 19.1. The van der Waals surface area contributed by atoms with Gasteiger partial charge in [0.25, 0.3) is 0 Å². The summed E-state index contributed by atoms with van der Waals surface area (Å²) in [6.45, 7) is 4.76. The Hall–Kier alpha value is -4.82. The van der Waals surface area contributed by atoms with E-state index >= 15 is 0 Å². The van der Waals surface area contributed by atoms with E-state index in [1.807, 2.05) is 6.07 Å². The molecule has 2 nitrogen and oxygen atoms in total. The molecule has 2 aromatic heterocycles. The number of nitrogens with zero attached hydrogens (tertiary/aromatic N) is 1. The molecule has 184 valence electrons. The number of para-hydroxylation sites is 3. The van der Waals surface area contributed by atoms with E-state index in [9.17, 15) is 0 Å². The number of rotatable bonds is 1. The lowest BCUT2D eigenvalue weighted by atomic mass is 9.80. The van der Waals surface area contributed by atoms with Crippen molar-refractivity contribution in [2.45, 2.75) is 19.3 Å². The fraction of sp³-hybridized carbons (Fsp3) is 0.0811. The lowest BCUT2D eigenvalue weighted by Gasteiger charge is -2.23. The Morgan fingerprint density at radius 2 is 1.31 bits per heavy atom. The molecule has 0 amide bonds. The molecule has 0 aliphatic heterocycles. The molecule has 1 aliphatic carbocycles. The molecular formula is C37H25NO. The summed E-state index contributed by atoms with van der Waals surface area (Å²) < 4.78 is 8.92. The van der Waals surface area contributed by atoms with Crippen molar-refractivity contribution in [1.82, 2.24) is 4.57 Å². The maximum atomic E-state index is 6.51. The van der Waals surface area contributed by atoms with E-state index in [0.717, 1.165) is 27.6 Å². The maximum Gasteiger partial charge on any atom is 0.159 e. The third-order valence-electron chi connectivity index (χ3n) is 8.95. The van der Waals surface area contributed by atoms with Crippen LogP contribution in [0.1, 0.15) is 25.0 Å². The van der Waals surface area contributed by atoms with Gasteiger partial charge in [-0.25, -0.2) is 0 Å². The summed E-state index contributed by atoms with van der Waals surface area (Å²) in [4.78, 5) is 0. The van der Waals surface area contributed by atoms with Gasteiger partial charge in [-0.3, -0.25) is 0 Å². The Balaban J connectivity index is 1.43. The van der Waals surface area contributed by atoms with E-state index in [1.165, 1.54) is 54.8 Å². The van der Waals surface area contributed by atoms with Gasteiger partial charge >= 0.3 is 0 Å². The lowest BCUT2D eigenvalue weighted by Crippen LogP contribution is -2.15. The van der Waals surface area contributed by atoms with E-state index in [1.54, 1.807) is 0 Å². The summed E-state index contributed by atoms with van der Waals surface area (Å²) >= 11 is 0. The molecule has 6 aromatic carbocycles. The molecule has 0 N–H and O–H groups in total. The normalized spacial score (nSPS) is 14.1. The number of fused-ring (bicyclic) bond motifs is 11. The van der Waals surface area contributed by atoms with Crippen molar-refractivity contribution < 1.29 is 4.42 Å². The molecule has 0 fully saturated rings. The van der Waals surface area contributed by atoms with E-state index in [4.69, 9.17) is 4.42 Å². The van der Waals surface area contributed by atoms with Gasteiger partial charge in [-0.15, -0.1) is 0 Å². The zero-order valence-electron chi connectivity index (χ0n) is 21.8. The maximum absolute atomic E-state index is 6.51. The lowest BCUT2D eigenvalue weighted by molar-refractivity contribution is 0.666. The SMILES string of the molecule is CC1(C)c2cc3c4ccccc4n(-c4cccc5c4oc4ccccc45)c3cc2-c2ccc3ccccc3c21. The quantitative estimate of drug-likeness (QED) is 0.220. The van der Waals surface area contributed by atoms with Gasteiger partial charge in [0.1, 0.15) is 5.58 Å². The molecule has 1 aliphatic rings. The van der Waals surface area contributed by atoms with E-state index < -0.39 is 0 Å². The van der Waals surface area contributed by atoms with Crippen LogP contribution in [0.15, 0.2) is 120 Å². The summed E-state index contributed by atoms with van der Waals surface area (Å²) in [5, 5.41) is 7.49. The zero-order valence-corrected chi connectivity index (χ0v) is 21.8. The summed E-state index contributed by atoms with van der Waals surface area (Å²) in [5.41, 5.74) is 10.7. The number of aromatic nitrogens is 1. The van der Waals surface area contributed by atoms with Gasteiger partial charge in [-0.1, -0.05) is 98.8 Å². The van der Waals surface area contributed by atoms with E-state index in [-0.39, 0.29) is 5.41 Å². The number of hydrogen-bond acceptors (Lipinski definition) is 1. The van der Waals surface area contributed by atoms with Crippen LogP contribution in [0.5, 0.6) is 0 Å².